The summed E-state index contributed by atoms with van der Waals surface area (Å²) in [5.41, 5.74) is 0.251. The van der Waals surface area contributed by atoms with Crippen molar-refractivity contribution < 1.29 is 23.8 Å². The van der Waals surface area contributed by atoms with Gasteiger partial charge in [-0.3, -0.25) is 0 Å². The quantitative estimate of drug-likeness (QED) is 0.572. The lowest BCUT2D eigenvalue weighted by atomic mass is 10.3. The van der Waals surface area contributed by atoms with Crippen LogP contribution in [-0.4, -0.2) is 42.9 Å². The zero-order chi connectivity index (χ0) is 13.4. The van der Waals surface area contributed by atoms with Crippen LogP contribution in [0.25, 0.3) is 0 Å². The lowest BCUT2D eigenvalue weighted by Crippen LogP contribution is -2.28. The monoisotopic (exact) mass is 274 g/mol. The molecule has 0 aliphatic carbocycles. The Kier molecular flexibility index (Phi) is 6.82. The SMILES string of the molecule is C=C(C)C(=O)OCC(=O)OC1CSCCCCO1. The van der Waals surface area contributed by atoms with Crippen LogP contribution in [0.2, 0.25) is 0 Å². The molecule has 0 aromatic heterocycles. The van der Waals surface area contributed by atoms with Crippen molar-refractivity contribution in [2.75, 3.05) is 24.7 Å². The van der Waals surface area contributed by atoms with E-state index in [0.717, 1.165) is 18.6 Å². The van der Waals surface area contributed by atoms with Gasteiger partial charge in [-0.2, -0.15) is 11.8 Å². The first kappa shape index (κ1) is 15.0. The predicted molar refractivity (Wildman–Crippen MR) is 68.2 cm³/mol. The molecule has 1 fully saturated rings. The van der Waals surface area contributed by atoms with Gasteiger partial charge in [-0.15, -0.1) is 0 Å². The molecule has 1 unspecified atom stereocenters. The molecule has 0 aromatic rings. The van der Waals surface area contributed by atoms with Gasteiger partial charge in [-0.1, -0.05) is 6.58 Å². The highest BCUT2D eigenvalue weighted by Crippen LogP contribution is 2.14. The number of esters is 2. The van der Waals surface area contributed by atoms with Crippen molar-refractivity contribution in [1.29, 1.82) is 0 Å². The first-order valence-corrected chi connectivity index (χ1v) is 6.96. The van der Waals surface area contributed by atoms with Crippen LogP contribution in [0, 0.1) is 0 Å². The summed E-state index contributed by atoms with van der Waals surface area (Å²) in [5, 5.41) is 0. The molecule has 0 amide bonds. The lowest BCUT2D eigenvalue weighted by Gasteiger charge is -2.20. The number of carbonyl (C=O) groups is 2. The van der Waals surface area contributed by atoms with E-state index in [4.69, 9.17) is 9.47 Å². The highest BCUT2D eigenvalue weighted by Gasteiger charge is 2.18. The Morgan fingerprint density at radius 2 is 2.22 bits per heavy atom. The summed E-state index contributed by atoms with van der Waals surface area (Å²) in [7, 11) is 0. The van der Waals surface area contributed by atoms with E-state index in [2.05, 4.69) is 11.3 Å². The average molecular weight is 274 g/mol. The Labute approximate surface area is 111 Å². The maximum Gasteiger partial charge on any atom is 0.346 e. The molecule has 1 rings (SSSR count). The molecule has 1 aliphatic heterocycles. The summed E-state index contributed by atoms with van der Waals surface area (Å²) in [4.78, 5) is 22.5. The molecule has 0 N–H and O–H groups in total. The van der Waals surface area contributed by atoms with Gasteiger partial charge in [-0.05, 0) is 25.5 Å². The molecule has 0 aromatic carbocycles. The van der Waals surface area contributed by atoms with Crippen molar-refractivity contribution in [3.8, 4) is 0 Å². The Bertz CT molecular complexity index is 308. The van der Waals surface area contributed by atoms with E-state index >= 15 is 0 Å². The van der Waals surface area contributed by atoms with Crippen molar-refractivity contribution in [2.45, 2.75) is 26.1 Å². The van der Waals surface area contributed by atoms with Gasteiger partial charge < -0.3 is 14.2 Å². The fraction of sp³-hybridized carbons (Fsp3) is 0.667. The Balaban J connectivity index is 2.25. The van der Waals surface area contributed by atoms with Crippen molar-refractivity contribution in [3.05, 3.63) is 12.2 Å². The van der Waals surface area contributed by atoms with Crippen molar-refractivity contribution >= 4 is 23.7 Å². The van der Waals surface area contributed by atoms with Crippen LogP contribution < -0.4 is 0 Å². The molecule has 0 spiro atoms. The maximum absolute atomic E-state index is 11.4. The Morgan fingerprint density at radius 1 is 1.44 bits per heavy atom. The van der Waals surface area contributed by atoms with E-state index in [9.17, 15) is 9.59 Å². The second-order valence-corrected chi connectivity index (χ2v) is 5.08. The maximum atomic E-state index is 11.4. The van der Waals surface area contributed by atoms with E-state index in [0.29, 0.717) is 12.4 Å². The third-order valence-electron chi connectivity index (χ3n) is 2.17. The van der Waals surface area contributed by atoms with Crippen molar-refractivity contribution in [3.63, 3.8) is 0 Å². The van der Waals surface area contributed by atoms with E-state index in [1.807, 2.05) is 0 Å². The number of thioether (sulfide) groups is 1. The van der Waals surface area contributed by atoms with Crippen LogP contribution >= 0.6 is 11.8 Å². The molecule has 6 heteroatoms. The smallest absolute Gasteiger partial charge is 0.346 e. The molecule has 0 radical (unpaired) electrons. The van der Waals surface area contributed by atoms with Gasteiger partial charge in [0, 0.05) is 5.57 Å². The van der Waals surface area contributed by atoms with E-state index in [1.54, 1.807) is 11.8 Å². The highest BCUT2D eigenvalue weighted by molar-refractivity contribution is 7.99. The minimum absolute atomic E-state index is 0.251. The zero-order valence-corrected chi connectivity index (χ0v) is 11.3. The molecule has 102 valence electrons. The van der Waals surface area contributed by atoms with Crippen molar-refractivity contribution in [1.82, 2.24) is 0 Å². The normalized spacial score (nSPS) is 20.4. The number of hydrogen-bond acceptors (Lipinski definition) is 6. The standard InChI is InChI=1S/C12H18O5S/c1-9(2)12(14)16-7-10(13)17-11-8-18-6-4-3-5-15-11/h11H,1,3-8H2,2H3. The molecular weight excluding hydrogens is 256 g/mol. The molecule has 1 aliphatic rings. The van der Waals surface area contributed by atoms with Gasteiger partial charge in [0.25, 0.3) is 0 Å². The molecule has 5 nitrogen and oxygen atoms in total. The third-order valence-corrected chi connectivity index (χ3v) is 3.26. The number of hydrogen-bond donors (Lipinski definition) is 0. The van der Waals surface area contributed by atoms with Gasteiger partial charge in [0.15, 0.2) is 6.61 Å². The van der Waals surface area contributed by atoms with Crippen LogP contribution in [0.4, 0.5) is 0 Å². The van der Waals surface area contributed by atoms with E-state index in [-0.39, 0.29) is 5.57 Å². The third kappa shape index (κ3) is 6.07. The van der Waals surface area contributed by atoms with Gasteiger partial charge in [0.1, 0.15) is 0 Å². The van der Waals surface area contributed by atoms with Crippen molar-refractivity contribution in [2.24, 2.45) is 0 Å². The largest absolute Gasteiger partial charge is 0.450 e. The average Bonchev–Trinajstić information content (AvgIpc) is 2.29. The fourth-order valence-electron chi connectivity index (χ4n) is 1.24. The minimum atomic E-state index is -0.601. The molecule has 1 atom stereocenters. The second-order valence-electron chi connectivity index (χ2n) is 3.93. The first-order chi connectivity index (χ1) is 8.59. The molecule has 0 saturated carbocycles. The van der Waals surface area contributed by atoms with Crippen LogP contribution in [0.3, 0.4) is 0 Å². The van der Waals surface area contributed by atoms with E-state index in [1.165, 1.54) is 6.92 Å². The Morgan fingerprint density at radius 3 is 2.94 bits per heavy atom. The minimum Gasteiger partial charge on any atom is -0.450 e. The first-order valence-electron chi connectivity index (χ1n) is 5.81. The van der Waals surface area contributed by atoms with E-state index < -0.39 is 24.8 Å². The summed E-state index contributed by atoms with van der Waals surface area (Å²) < 4.78 is 15.1. The summed E-state index contributed by atoms with van der Waals surface area (Å²) >= 11 is 1.68. The van der Waals surface area contributed by atoms with Crippen LogP contribution in [0.5, 0.6) is 0 Å². The summed E-state index contributed by atoms with van der Waals surface area (Å²) in [6.45, 7) is 5.11. The lowest BCUT2D eigenvalue weighted by molar-refractivity contribution is -0.180. The van der Waals surface area contributed by atoms with Gasteiger partial charge in [0.2, 0.25) is 6.29 Å². The van der Waals surface area contributed by atoms with Gasteiger partial charge in [-0.25, -0.2) is 9.59 Å². The van der Waals surface area contributed by atoms with Gasteiger partial charge in [0.05, 0.1) is 12.4 Å². The summed E-state index contributed by atoms with van der Waals surface area (Å²) in [6.07, 6.45) is 1.53. The van der Waals surface area contributed by atoms with Crippen LogP contribution in [0.15, 0.2) is 12.2 Å². The molecular formula is C12H18O5S. The molecule has 0 bridgehead atoms. The summed E-state index contributed by atoms with van der Waals surface area (Å²) in [5.74, 6) is 0.457. The van der Waals surface area contributed by atoms with Crippen LogP contribution in [0.1, 0.15) is 19.8 Å². The van der Waals surface area contributed by atoms with Crippen LogP contribution in [-0.2, 0) is 23.8 Å². The number of ether oxygens (including phenoxy) is 3. The highest BCUT2D eigenvalue weighted by atomic mass is 32.2. The predicted octanol–water partition coefficient (Wildman–Crippen LogP) is 1.52. The second kappa shape index (κ2) is 8.16. The molecule has 1 saturated heterocycles. The number of rotatable bonds is 4. The zero-order valence-electron chi connectivity index (χ0n) is 10.5. The molecule has 1 heterocycles. The molecule has 18 heavy (non-hydrogen) atoms. The number of carbonyl (C=O) groups excluding carboxylic acids is 2. The Hall–Kier alpha value is -1.01. The fourth-order valence-corrected chi connectivity index (χ4v) is 2.18. The summed E-state index contributed by atoms with van der Waals surface area (Å²) in [6, 6.07) is 0. The van der Waals surface area contributed by atoms with Gasteiger partial charge >= 0.3 is 11.9 Å². The topological polar surface area (TPSA) is 61.8 Å².